The quantitative estimate of drug-likeness (QED) is 0.718. The third-order valence-electron chi connectivity index (χ3n) is 3.23. The Morgan fingerprint density at radius 1 is 1.06 bits per heavy atom. The van der Waals surface area contributed by atoms with Crippen LogP contribution >= 0.6 is 12.6 Å². The highest BCUT2D eigenvalue weighted by Gasteiger charge is 2.23. The zero-order valence-electron chi connectivity index (χ0n) is 11.4. The zero-order valence-corrected chi connectivity index (χ0v) is 12.3. The van der Waals surface area contributed by atoms with Crippen LogP contribution in [-0.4, -0.2) is 5.75 Å². The van der Waals surface area contributed by atoms with Crippen molar-refractivity contribution >= 4 is 12.6 Å². The summed E-state index contributed by atoms with van der Waals surface area (Å²) in [6, 6.07) is 6.83. The third kappa shape index (κ3) is 2.82. The van der Waals surface area contributed by atoms with E-state index in [1.165, 1.54) is 16.7 Å². The molecule has 1 aromatic carbocycles. The van der Waals surface area contributed by atoms with Gasteiger partial charge in [-0.05, 0) is 40.2 Å². The van der Waals surface area contributed by atoms with E-state index in [9.17, 15) is 0 Å². The Balaban J connectivity index is 3.30. The minimum absolute atomic E-state index is 0.147. The fraction of sp³-hybridized carbons (Fsp3) is 0.600. The molecule has 0 radical (unpaired) electrons. The van der Waals surface area contributed by atoms with Gasteiger partial charge in [-0.1, -0.05) is 52.8 Å². The minimum atomic E-state index is 0.147. The van der Waals surface area contributed by atoms with Crippen LogP contribution in [0.2, 0.25) is 0 Å². The minimum Gasteiger partial charge on any atom is -0.178 e. The van der Waals surface area contributed by atoms with Crippen LogP contribution < -0.4 is 0 Å². The fourth-order valence-corrected chi connectivity index (χ4v) is 2.07. The van der Waals surface area contributed by atoms with Crippen LogP contribution in [0.25, 0.3) is 0 Å². The Hall–Kier alpha value is -0.430. The van der Waals surface area contributed by atoms with Crippen molar-refractivity contribution in [2.45, 2.75) is 52.4 Å². The van der Waals surface area contributed by atoms with Crippen LogP contribution in [0.4, 0.5) is 0 Å². The van der Waals surface area contributed by atoms with Gasteiger partial charge >= 0.3 is 0 Å². The lowest BCUT2D eigenvalue weighted by Crippen LogP contribution is -2.22. The number of thiol groups is 1. The smallest absolute Gasteiger partial charge is 0.000573 e. The molecule has 1 rings (SSSR count). The monoisotopic (exact) mass is 236 g/mol. The second kappa shape index (κ2) is 4.44. The molecule has 90 valence electrons. The van der Waals surface area contributed by atoms with E-state index in [-0.39, 0.29) is 10.8 Å². The van der Waals surface area contributed by atoms with Gasteiger partial charge in [-0.25, -0.2) is 0 Å². The SMILES string of the molecule is Cc1ccc(C(C)(C)C)cc1C(C)(C)CS. The predicted molar refractivity (Wildman–Crippen MR) is 76.8 cm³/mol. The van der Waals surface area contributed by atoms with Gasteiger partial charge in [0.05, 0.1) is 0 Å². The Morgan fingerprint density at radius 2 is 1.62 bits per heavy atom. The molecule has 16 heavy (non-hydrogen) atoms. The first-order valence-electron chi connectivity index (χ1n) is 5.91. The number of hydrogen-bond acceptors (Lipinski definition) is 1. The molecular weight excluding hydrogens is 212 g/mol. The average molecular weight is 236 g/mol. The summed E-state index contributed by atoms with van der Waals surface area (Å²) in [5, 5.41) is 0. The van der Waals surface area contributed by atoms with Gasteiger partial charge in [-0.3, -0.25) is 0 Å². The van der Waals surface area contributed by atoms with Crippen molar-refractivity contribution in [3.05, 3.63) is 34.9 Å². The molecule has 0 atom stereocenters. The van der Waals surface area contributed by atoms with E-state index in [1.54, 1.807) is 0 Å². The van der Waals surface area contributed by atoms with E-state index in [0.29, 0.717) is 0 Å². The summed E-state index contributed by atoms with van der Waals surface area (Å²) in [6.45, 7) is 13.5. The molecule has 0 aliphatic heterocycles. The van der Waals surface area contributed by atoms with E-state index in [2.05, 4.69) is 72.4 Å². The Morgan fingerprint density at radius 3 is 2.06 bits per heavy atom. The molecule has 1 aromatic rings. The summed E-state index contributed by atoms with van der Waals surface area (Å²) in [5.74, 6) is 0.876. The number of aryl methyl sites for hydroxylation is 1. The molecule has 0 amide bonds. The van der Waals surface area contributed by atoms with Gasteiger partial charge in [0.2, 0.25) is 0 Å². The first-order valence-corrected chi connectivity index (χ1v) is 6.54. The molecule has 0 N–H and O–H groups in total. The Bertz CT molecular complexity index is 370. The second-order valence-corrected chi connectivity index (χ2v) is 6.64. The van der Waals surface area contributed by atoms with Crippen LogP contribution in [0.5, 0.6) is 0 Å². The highest BCUT2D eigenvalue weighted by molar-refractivity contribution is 7.80. The summed E-state index contributed by atoms with van der Waals surface area (Å²) in [7, 11) is 0. The van der Waals surface area contributed by atoms with Crippen LogP contribution in [-0.2, 0) is 10.8 Å². The first kappa shape index (κ1) is 13.6. The number of rotatable bonds is 2. The van der Waals surface area contributed by atoms with Crippen molar-refractivity contribution in [1.82, 2.24) is 0 Å². The summed E-state index contributed by atoms with van der Waals surface area (Å²) >= 11 is 4.47. The molecule has 0 nitrogen and oxygen atoms in total. The third-order valence-corrected chi connectivity index (χ3v) is 4.02. The average Bonchev–Trinajstić information content (AvgIpc) is 2.16. The topological polar surface area (TPSA) is 0 Å². The molecule has 0 heterocycles. The van der Waals surface area contributed by atoms with E-state index >= 15 is 0 Å². The van der Waals surface area contributed by atoms with Gasteiger partial charge < -0.3 is 0 Å². The lowest BCUT2D eigenvalue weighted by molar-refractivity contribution is 0.572. The van der Waals surface area contributed by atoms with Gasteiger partial charge in [-0.2, -0.15) is 12.6 Å². The van der Waals surface area contributed by atoms with Crippen molar-refractivity contribution < 1.29 is 0 Å². The summed E-state index contributed by atoms with van der Waals surface area (Å²) < 4.78 is 0. The van der Waals surface area contributed by atoms with Crippen LogP contribution in [0.15, 0.2) is 18.2 Å². The molecule has 0 bridgehead atoms. The van der Waals surface area contributed by atoms with Gasteiger partial charge in [0.25, 0.3) is 0 Å². The van der Waals surface area contributed by atoms with Crippen molar-refractivity contribution in [2.24, 2.45) is 0 Å². The zero-order chi connectivity index (χ0) is 12.6. The van der Waals surface area contributed by atoms with Crippen LogP contribution in [0.1, 0.15) is 51.3 Å². The maximum atomic E-state index is 4.47. The maximum Gasteiger partial charge on any atom is -0.000573 e. The molecule has 0 aliphatic rings. The molecule has 0 spiro atoms. The predicted octanol–water partition coefficient (Wildman–Crippen LogP) is 4.50. The van der Waals surface area contributed by atoms with Crippen molar-refractivity contribution in [1.29, 1.82) is 0 Å². The lowest BCUT2D eigenvalue weighted by Gasteiger charge is -2.28. The van der Waals surface area contributed by atoms with E-state index < -0.39 is 0 Å². The second-order valence-electron chi connectivity index (χ2n) is 6.32. The van der Waals surface area contributed by atoms with Crippen molar-refractivity contribution in [3.63, 3.8) is 0 Å². The summed E-state index contributed by atoms with van der Waals surface area (Å²) in [5.41, 5.74) is 4.56. The van der Waals surface area contributed by atoms with Gasteiger partial charge in [0.1, 0.15) is 0 Å². The molecule has 1 heteroatoms. The van der Waals surface area contributed by atoms with Crippen molar-refractivity contribution in [3.8, 4) is 0 Å². The first-order chi connectivity index (χ1) is 7.18. The number of benzene rings is 1. The van der Waals surface area contributed by atoms with Crippen molar-refractivity contribution in [2.75, 3.05) is 5.75 Å². The van der Waals surface area contributed by atoms with Gasteiger partial charge in [0.15, 0.2) is 0 Å². The highest BCUT2D eigenvalue weighted by atomic mass is 32.1. The van der Waals surface area contributed by atoms with Crippen LogP contribution in [0, 0.1) is 6.92 Å². The van der Waals surface area contributed by atoms with Crippen LogP contribution in [0.3, 0.4) is 0 Å². The maximum absolute atomic E-state index is 4.47. The standard InChI is InChI=1S/C15H24S/c1-11-7-8-12(14(2,3)4)9-13(11)15(5,6)10-16/h7-9,16H,10H2,1-6H3. The molecule has 0 aromatic heterocycles. The molecular formula is C15H24S. The normalized spacial score (nSPS) is 12.9. The largest absolute Gasteiger partial charge is 0.178 e. The van der Waals surface area contributed by atoms with E-state index in [4.69, 9.17) is 0 Å². The highest BCUT2D eigenvalue weighted by Crippen LogP contribution is 2.32. The van der Waals surface area contributed by atoms with E-state index in [0.717, 1.165) is 5.75 Å². The van der Waals surface area contributed by atoms with Gasteiger partial charge in [0, 0.05) is 0 Å². The fourth-order valence-electron chi connectivity index (χ4n) is 1.90. The molecule has 0 saturated heterocycles. The molecule has 0 unspecified atom stereocenters. The lowest BCUT2D eigenvalue weighted by atomic mass is 9.79. The van der Waals surface area contributed by atoms with E-state index in [1.807, 2.05) is 0 Å². The Kier molecular flexibility index (Phi) is 3.79. The number of hydrogen-bond donors (Lipinski definition) is 1. The Labute approximate surface area is 106 Å². The summed E-state index contributed by atoms with van der Waals surface area (Å²) in [6.07, 6.45) is 0. The molecule has 0 aliphatic carbocycles. The summed E-state index contributed by atoms with van der Waals surface area (Å²) in [4.78, 5) is 0. The van der Waals surface area contributed by atoms with Gasteiger partial charge in [-0.15, -0.1) is 0 Å². The molecule has 0 fully saturated rings. The molecule has 0 saturated carbocycles.